The Labute approximate surface area is 101 Å². The lowest BCUT2D eigenvalue weighted by molar-refractivity contribution is 0.723. The van der Waals surface area contributed by atoms with Crippen molar-refractivity contribution >= 4 is 16.6 Å². The summed E-state index contributed by atoms with van der Waals surface area (Å²) < 4.78 is 0. The summed E-state index contributed by atoms with van der Waals surface area (Å²) in [7, 11) is 0. The molecule has 0 saturated heterocycles. The van der Waals surface area contributed by atoms with Crippen LogP contribution in [0.4, 0.5) is 0 Å². The lowest BCUT2D eigenvalue weighted by atomic mass is 10.0. The highest BCUT2D eigenvalue weighted by molar-refractivity contribution is 5.92. The highest BCUT2D eigenvalue weighted by Crippen LogP contribution is 2.19. The zero-order valence-electron chi connectivity index (χ0n) is 9.98. The molecule has 2 nitrogen and oxygen atoms in total. The van der Waals surface area contributed by atoms with Crippen LogP contribution in [0, 0.1) is 0 Å². The van der Waals surface area contributed by atoms with Crippen molar-refractivity contribution in [2.45, 2.75) is 19.4 Å². The number of hydrogen-bond acceptors (Lipinski definition) is 2. The molecule has 3 rings (SSSR count). The van der Waals surface area contributed by atoms with E-state index in [1.807, 2.05) is 0 Å². The first-order valence-electron chi connectivity index (χ1n) is 6.09. The number of amidine groups is 1. The van der Waals surface area contributed by atoms with Gasteiger partial charge >= 0.3 is 0 Å². The van der Waals surface area contributed by atoms with E-state index in [4.69, 9.17) is 0 Å². The van der Waals surface area contributed by atoms with Crippen molar-refractivity contribution < 1.29 is 0 Å². The Kier molecular flexibility index (Phi) is 2.56. The van der Waals surface area contributed by atoms with Gasteiger partial charge in [0.15, 0.2) is 0 Å². The first-order chi connectivity index (χ1) is 8.33. The Morgan fingerprint density at radius 1 is 1.18 bits per heavy atom. The molecule has 2 heteroatoms. The average molecular weight is 224 g/mol. The fourth-order valence-corrected chi connectivity index (χ4v) is 2.36. The number of aliphatic imine (C=N–C) groups is 1. The van der Waals surface area contributed by atoms with Gasteiger partial charge in [0.25, 0.3) is 0 Å². The predicted octanol–water partition coefficient (Wildman–Crippen LogP) is 2.77. The summed E-state index contributed by atoms with van der Waals surface area (Å²) in [5.41, 5.74) is 1.35. The molecule has 0 radical (unpaired) electrons. The van der Waals surface area contributed by atoms with Gasteiger partial charge in [0, 0.05) is 12.5 Å². The standard InChI is InChI=1S/C15H16N2/c1-11-10-16-15(17-11)9-13-7-4-6-12-5-2-3-8-14(12)13/h2-8,11H,9-10H2,1H3,(H,16,17)/t11-/m0/s1. The molecule has 0 spiro atoms. The minimum atomic E-state index is 0.486. The normalized spacial score (nSPS) is 19.1. The van der Waals surface area contributed by atoms with Gasteiger partial charge in [0.05, 0.1) is 6.54 Å². The lowest BCUT2D eigenvalue weighted by Gasteiger charge is -2.08. The van der Waals surface area contributed by atoms with Gasteiger partial charge in [-0.15, -0.1) is 0 Å². The van der Waals surface area contributed by atoms with E-state index in [2.05, 4.69) is 59.7 Å². The molecule has 0 aromatic heterocycles. The Hall–Kier alpha value is -1.83. The molecule has 2 aromatic rings. The molecule has 0 saturated carbocycles. The number of nitrogens with one attached hydrogen (secondary N) is 1. The number of hydrogen-bond donors (Lipinski definition) is 1. The molecule has 0 aliphatic carbocycles. The predicted molar refractivity (Wildman–Crippen MR) is 72.6 cm³/mol. The van der Waals surface area contributed by atoms with Gasteiger partial charge in [0.1, 0.15) is 5.84 Å². The maximum absolute atomic E-state index is 4.52. The fraction of sp³-hybridized carbons (Fsp3) is 0.267. The van der Waals surface area contributed by atoms with Gasteiger partial charge in [-0.05, 0) is 23.3 Å². The maximum Gasteiger partial charge on any atom is 0.101 e. The van der Waals surface area contributed by atoms with Crippen molar-refractivity contribution in [1.82, 2.24) is 5.32 Å². The Bertz CT molecular complexity index is 567. The molecule has 1 aliphatic heterocycles. The zero-order valence-corrected chi connectivity index (χ0v) is 9.98. The number of nitrogens with zero attached hydrogens (tertiary/aromatic N) is 1. The van der Waals surface area contributed by atoms with Crippen LogP contribution in [0.25, 0.3) is 10.8 Å². The topological polar surface area (TPSA) is 24.4 Å². The van der Waals surface area contributed by atoms with E-state index in [0.717, 1.165) is 18.8 Å². The van der Waals surface area contributed by atoms with E-state index in [0.29, 0.717) is 6.04 Å². The van der Waals surface area contributed by atoms with Crippen LogP contribution >= 0.6 is 0 Å². The molecule has 1 N–H and O–H groups in total. The molecule has 1 atom stereocenters. The lowest BCUT2D eigenvalue weighted by Crippen LogP contribution is -2.28. The Morgan fingerprint density at radius 2 is 2.00 bits per heavy atom. The largest absolute Gasteiger partial charge is 0.369 e. The van der Waals surface area contributed by atoms with E-state index < -0.39 is 0 Å². The van der Waals surface area contributed by atoms with E-state index in [1.54, 1.807) is 0 Å². The third-order valence-electron chi connectivity index (χ3n) is 3.21. The minimum Gasteiger partial charge on any atom is -0.369 e. The van der Waals surface area contributed by atoms with E-state index in [9.17, 15) is 0 Å². The van der Waals surface area contributed by atoms with Gasteiger partial charge in [0.2, 0.25) is 0 Å². The summed E-state index contributed by atoms with van der Waals surface area (Å²) >= 11 is 0. The van der Waals surface area contributed by atoms with Gasteiger partial charge < -0.3 is 5.32 Å². The second-order valence-corrected chi connectivity index (χ2v) is 4.65. The highest BCUT2D eigenvalue weighted by Gasteiger charge is 2.13. The molecule has 0 unspecified atom stereocenters. The van der Waals surface area contributed by atoms with Gasteiger partial charge in [-0.3, -0.25) is 4.99 Å². The van der Waals surface area contributed by atoms with Gasteiger partial charge in [-0.25, -0.2) is 0 Å². The van der Waals surface area contributed by atoms with Crippen LogP contribution in [-0.2, 0) is 6.42 Å². The van der Waals surface area contributed by atoms with E-state index in [-0.39, 0.29) is 0 Å². The molecular formula is C15H16N2. The second-order valence-electron chi connectivity index (χ2n) is 4.65. The summed E-state index contributed by atoms with van der Waals surface area (Å²) in [6, 6.07) is 15.5. The molecule has 1 aliphatic rings. The summed E-state index contributed by atoms with van der Waals surface area (Å²) in [6.07, 6.45) is 0.908. The fourth-order valence-electron chi connectivity index (χ4n) is 2.36. The average Bonchev–Trinajstić information content (AvgIpc) is 2.75. The maximum atomic E-state index is 4.52. The molecule has 86 valence electrons. The van der Waals surface area contributed by atoms with Crippen molar-refractivity contribution in [1.29, 1.82) is 0 Å². The first kappa shape index (κ1) is 10.3. The van der Waals surface area contributed by atoms with E-state index in [1.165, 1.54) is 16.3 Å². The molecule has 2 aromatic carbocycles. The summed E-state index contributed by atoms with van der Waals surface area (Å²) in [6.45, 7) is 3.07. The van der Waals surface area contributed by atoms with Crippen molar-refractivity contribution in [3.8, 4) is 0 Å². The van der Waals surface area contributed by atoms with Crippen molar-refractivity contribution in [3.63, 3.8) is 0 Å². The van der Waals surface area contributed by atoms with Crippen molar-refractivity contribution in [2.75, 3.05) is 6.54 Å². The van der Waals surface area contributed by atoms with Gasteiger partial charge in [-0.2, -0.15) is 0 Å². The minimum absolute atomic E-state index is 0.486. The number of rotatable bonds is 2. The summed E-state index contributed by atoms with van der Waals surface area (Å²) in [4.78, 5) is 4.52. The summed E-state index contributed by atoms with van der Waals surface area (Å²) in [5, 5.41) is 6.05. The number of fused-ring (bicyclic) bond motifs is 1. The zero-order chi connectivity index (χ0) is 11.7. The SMILES string of the molecule is C[C@H]1CN=C(Cc2cccc3ccccc23)N1. The van der Waals surface area contributed by atoms with Crippen molar-refractivity contribution in [2.24, 2.45) is 4.99 Å². The van der Waals surface area contributed by atoms with Crippen LogP contribution in [0.15, 0.2) is 47.5 Å². The van der Waals surface area contributed by atoms with E-state index >= 15 is 0 Å². The molecule has 1 heterocycles. The highest BCUT2D eigenvalue weighted by atomic mass is 15.1. The van der Waals surface area contributed by atoms with Crippen LogP contribution in [0.3, 0.4) is 0 Å². The molecule has 17 heavy (non-hydrogen) atoms. The number of benzene rings is 2. The molecular weight excluding hydrogens is 208 g/mol. The quantitative estimate of drug-likeness (QED) is 0.833. The van der Waals surface area contributed by atoms with Crippen LogP contribution in [-0.4, -0.2) is 18.4 Å². The van der Waals surface area contributed by atoms with Crippen LogP contribution in [0.1, 0.15) is 12.5 Å². The summed E-state index contributed by atoms with van der Waals surface area (Å²) in [5.74, 6) is 1.12. The Morgan fingerprint density at radius 3 is 2.82 bits per heavy atom. The Balaban J connectivity index is 1.95. The molecule has 0 bridgehead atoms. The smallest absolute Gasteiger partial charge is 0.101 e. The monoisotopic (exact) mass is 224 g/mol. The van der Waals surface area contributed by atoms with Gasteiger partial charge in [-0.1, -0.05) is 42.5 Å². The van der Waals surface area contributed by atoms with Crippen LogP contribution in [0.2, 0.25) is 0 Å². The molecule has 0 amide bonds. The second kappa shape index (κ2) is 4.21. The molecule has 0 fully saturated rings. The van der Waals surface area contributed by atoms with Crippen molar-refractivity contribution in [3.05, 3.63) is 48.0 Å². The van der Waals surface area contributed by atoms with Crippen LogP contribution < -0.4 is 5.32 Å². The first-order valence-corrected chi connectivity index (χ1v) is 6.09. The van der Waals surface area contributed by atoms with Crippen LogP contribution in [0.5, 0.6) is 0 Å². The third kappa shape index (κ3) is 2.03. The third-order valence-corrected chi connectivity index (χ3v) is 3.21.